The van der Waals surface area contributed by atoms with Crippen molar-refractivity contribution in [3.63, 3.8) is 0 Å². The summed E-state index contributed by atoms with van der Waals surface area (Å²) in [5, 5.41) is 2.79. The van der Waals surface area contributed by atoms with Crippen LogP contribution in [0.4, 0.5) is 0 Å². The summed E-state index contributed by atoms with van der Waals surface area (Å²) in [4.78, 5) is 12.3. The number of rotatable bonds is 6. The van der Waals surface area contributed by atoms with Crippen molar-refractivity contribution in [2.24, 2.45) is 0 Å². The van der Waals surface area contributed by atoms with Crippen LogP contribution in [0.1, 0.15) is 28.8 Å². The van der Waals surface area contributed by atoms with Crippen molar-refractivity contribution in [3.05, 3.63) is 65.7 Å². The van der Waals surface area contributed by atoms with E-state index in [1.54, 1.807) is 12.1 Å². The molecule has 2 N–H and O–H groups in total. The summed E-state index contributed by atoms with van der Waals surface area (Å²) < 4.78 is 27.0. The molecule has 1 fully saturated rings. The highest BCUT2D eigenvalue weighted by Gasteiger charge is 2.28. The molecule has 0 aromatic heterocycles. The number of sulfonamides is 1. The van der Waals surface area contributed by atoms with Crippen LogP contribution in [0.25, 0.3) is 0 Å². The fourth-order valence-electron chi connectivity index (χ4n) is 2.17. The lowest BCUT2D eigenvalue weighted by molar-refractivity contribution is 0.0950. The molecule has 0 spiro atoms. The van der Waals surface area contributed by atoms with Gasteiger partial charge in [-0.15, -0.1) is 0 Å². The van der Waals surface area contributed by atoms with Crippen molar-refractivity contribution in [1.82, 2.24) is 10.0 Å². The molecular weight excluding hydrogens is 312 g/mol. The number of benzene rings is 2. The first-order chi connectivity index (χ1) is 11.0. The first kappa shape index (κ1) is 15.7. The minimum absolute atomic E-state index is 0.0376. The Kier molecular flexibility index (Phi) is 4.45. The van der Waals surface area contributed by atoms with Gasteiger partial charge in [0, 0.05) is 18.2 Å². The molecule has 0 saturated heterocycles. The van der Waals surface area contributed by atoms with Crippen LogP contribution < -0.4 is 10.0 Å². The van der Waals surface area contributed by atoms with Crippen LogP contribution in [-0.2, 0) is 16.6 Å². The van der Waals surface area contributed by atoms with Crippen molar-refractivity contribution >= 4 is 15.9 Å². The largest absolute Gasteiger partial charge is 0.348 e. The molecule has 3 rings (SSSR count). The summed E-state index contributed by atoms with van der Waals surface area (Å²) in [6.45, 7) is 0.400. The minimum atomic E-state index is -3.55. The molecule has 0 bridgehead atoms. The quantitative estimate of drug-likeness (QED) is 0.851. The molecule has 6 heteroatoms. The minimum Gasteiger partial charge on any atom is -0.348 e. The van der Waals surface area contributed by atoms with Crippen molar-refractivity contribution in [1.29, 1.82) is 0 Å². The SMILES string of the molecule is O=C(NCc1ccccc1)c1cccc(S(=O)(=O)NC2CC2)c1. The van der Waals surface area contributed by atoms with Crippen molar-refractivity contribution < 1.29 is 13.2 Å². The maximum atomic E-state index is 12.2. The summed E-state index contributed by atoms with van der Waals surface area (Å²) in [6, 6.07) is 15.7. The number of hydrogen-bond donors (Lipinski definition) is 2. The summed E-state index contributed by atoms with van der Waals surface area (Å²) in [7, 11) is -3.55. The number of nitrogens with one attached hydrogen (secondary N) is 2. The highest BCUT2D eigenvalue weighted by molar-refractivity contribution is 7.89. The molecule has 0 unspecified atom stereocenters. The molecule has 23 heavy (non-hydrogen) atoms. The third-order valence-electron chi connectivity index (χ3n) is 3.60. The third-order valence-corrected chi connectivity index (χ3v) is 5.12. The number of carbonyl (C=O) groups excluding carboxylic acids is 1. The predicted octanol–water partition coefficient (Wildman–Crippen LogP) is 2.06. The van der Waals surface area contributed by atoms with E-state index in [9.17, 15) is 13.2 Å². The number of hydrogen-bond acceptors (Lipinski definition) is 3. The van der Waals surface area contributed by atoms with Gasteiger partial charge in [-0.2, -0.15) is 0 Å². The first-order valence-electron chi connectivity index (χ1n) is 7.49. The van der Waals surface area contributed by atoms with Crippen LogP contribution in [0.5, 0.6) is 0 Å². The summed E-state index contributed by atoms with van der Waals surface area (Å²) >= 11 is 0. The zero-order valence-corrected chi connectivity index (χ0v) is 13.3. The van der Waals surface area contributed by atoms with Gasteiger partial charge in [0.1, 0.15) is 0 Å². The van der Waals surface area contributed by atoms with E-state index < -0.39 is 10.0 Å². The zero-order valence-electron chi connectivity index (χ0n) is 12.5. The van der Waals surface area contributed by atoms with Crippen LogP contribution in [0.15, 0.2) is 59.5 Å². The first-order valence-corrected chi connectivity index (χ1v) is 8.97. The molecule has 1 saturated carbocycles. The Bertz CT molecular complexity index is 800. The smallest absolute Gasteiger partial charge is 0.251 e. The number of carbonyl (C=O) groups is 1. The second-order valence-corrected chi connectivity index (χ2v) is 7.31. The molecule has 1 aliphatic rings. The van der Waals surface area contributed by atoms with Gasteiger partial charge in [0.25, 0.3) is 5.91 Å². The second kappa shape index (κ2) is 6.52. The fourth-order valence-corrected chi connectivity index (χ4v) is 3.52. The second-order valence-electron chi connectivity index (χ2n) is 5.59. The standard InChI is InChI=1S/C17H18N2O3S/c20-17(18-12-13-5-2-1-3-6-13)14-7-4-8-16(11-14)23(21,22)19-15-9-10-15/h1-8,11,15,19H,9-10,12H2,(H,18,20). The number of amides is 1. The van der Waals surface area contributed by atoms with Crippen LogP contribution in [0.2, 0.25) is 0 Å². The average Bonchev–Trinajstić information content (AvgIpc) is 3.37. The molecule has 5 nitrogen and oxygen atoms in total. The fraction of sp³-hybridized carbons (Fsp3) is 0.235. The maximum Gasteiger partial charge on any atom is 0.251 e. The van der Waals surface area contributed by atoms with Gasteiger partial charge in [-0.1, -0.05) is 36.4 Å². The van der Waals surface area contributed by atoms with E-state index >= 15 is 0 Å². The van der Waals surface area contributed by atoms with Crippen molar-refractivity contribution in [2.75, 3.05) is 0 Å². The van der Waals surface area contributed by atoms with E-state index in [-0.39, 0.29) is 16.8 Å². The Hall–Kier alpha value is -2.18. The van der Waals surface area contributed by atoms with E-state index in [4.69, 9.17) is 0 Å². The Morgan fingerprint density at radius 1 is 1.04 bits per heavy atom. The van der Waals surface area contributed by atoms with Gasteiger partial charge >= 0.3 is 0 Å². The molecule has 1 aliphatic carbocycles. The average molecular weight is 330 g/mol. The van der Waals surface area contributed by atoms with Gasteiger partial charge in [-0.3, -0.25) is 4.79 Å². The van der Waals surface area contributed by atoms with Crippen molar-refractivity contribution in [2.45, 2.75) is 30.3 Å². The predicted molar refractivity (Wildman–Crippen MR) is 87.4 cm³/mol. The highest BCUT2D eigenvalue weighted by atomic mass is 32.2. The third kappa shape index (κ3) is 4.18. The lowest BCUT2D eigenvalue weighted by atomic mass is 10.2. The van der Waals surface area contributed by atoms with Gasteiger partial charge in [-0.05, 0) is 36.6 Å². The van der Waals surface area contributed by atoms with E-state index in [0.29, 0.717) is 12.1 Å². The molecule has 0 heterocycles. The molecule has 2 aromatic rings. The van der Waals surface area contributed by atoms with Crippen LogP contribution in [0, 0.1) is 0 Å². The summed E-state index contributed by atoms with van der Waals surface area (Å²) in [6.07, 6.45) is 1.74. The summed E-state index contributed by atoms with van der Waals surface area (Å²) in [5.74, 6) is -0.294. The van der Waals surface area contributed by atoms with Gasteiger partial charge in [0.2, 0.25) is 10.0 Å². The Labute approximate surface area is 135 Å². The molecule has 1 amide bonds. The zero-order chi connectivity index (χ0) is 16.3. The van der Waals surface area contributed by atoms with Crippen molar-refractivity contribution in [3.8, 4) is 0 Å². The van der Waals surface area contributed by atoms with Gasteiger partial charge < -0.3 is 5.32 Å². The van der Waals surface area contributed by atoms with E-state index in [2.05, 4.69) is 10.0 Å². The molecule has 0 aliphatic heterocycles. The molecule has 0 atom stereocenters. The topological polar surface area (TPSA) is 75.3 Å². The Balaban J connectivity index is 1.70. The molecule has 0 radical (unpaired) electrons. The highest BCUT2D eigenvalue weighted by Crippen LogP contribution is 2.22. The van der Waals surface area contributed by atoms with E-state index in [1.807, 2.05) is 30.3 Å². The van der Waals surface area contributed by atoms with E-state index in [0.717, 1.165) is 18.4 Å². The molecular formula is C17H18N2O3S. The summed E-state index contributed by atoms with van der Waals surface area (Å²) in [5.41, 5.74) is 1.32. The van der Waals surface area contributed by atoms with Gasteiger partial charge in [-0.25, -0.2) is 13.1 Å². The lowest BCUT2D eigenvalue weighted by Crippen LogP contribution is -2.27. The molecule has 120 valence electrons. The Morgan fingerprint density at radius 3 is 2.48 bits per heavy atom. The van der Waals surface area contributed by atoms with Crippen LogP contribution >= 0.6 is 0 Å². The lowest BCUT2D eigenvalue weighted by Gasteiger charge is -2.08. The normalized spacial score (nSPS) is 14.4. The Morgan fingerprint density at radius 2 is 1.78 bits per heavy atom. The van der Waals surface area contributed by atoms with Gasteiger partial charge in [0.05, 0.1) is 4.90 Å². The maximum absolute atomic E-state index is 12.2. The molecule has 2 aromatic carbocycles. The van der Waals surface area contributed by atoms with Crippen LogP contribution in [0.3, 0.4) is 0 Å². The monoisotopic (exact) mass is 330 g/mol. The van der Waals surface area contributed by atoms with Crippen LogP contribution in [-0.4, -0.2) is 20.4 Å². The van der Waals surface area contributed by atoms with E-state index in [1.165, 1.54) is 12.1 Å². The van der Waals surface area contributed by atoms with Gasteiger partial charge in [0.15, 0.2) is 0 Å².